The average molecular weight is 423 g/mol. The van der Waals surface area contributed by atoms with Gasteiger partial charge in [-0.15, -0.1) is 0 Å². The molecule has 0 heterocycles. The molecule has 1 heteroatoms. The van der Waals surface area contributed by atoms with Crippen molar-refractivity contribution in [2.24, 2.45) is 0 Å². The summed E-state index contributed by atoms with van der Waals surface area (Å²) in [5, 5.41) is 0. The van der Waals surface area contributed by atoms with Crippen LogP contribution in [0.4, 0.5) is 0 Å². The highest BCUT2D eigenvalue weighted by atomic mass is 16.5. The first-order valence-corrected chi connectivity index (χ1v) is 13.1. The van der Waals surface area contributed by atoms with Crippen LogP contribution in [0.1, 0.15) is 113 Å². The summed E-state index contributed by atoms with van der Waals surface area (Å²) in [5.74, 6) is 0. The Morgan fingerprint density at radius 1 is 0.452 bits per heavy atom. The molecule has 0 spiro atoms. The zero-order chi connectivity index (χ0) is 22.0. The molecule has 0 amide bonds. The summed E-state index contributed by atoms with van der Waals surface area (Å²) in [6, 6.07) is 17.7. The van der Waals surface area contributed by atoms with Gasteiger partial charge in [-0.2, -0.15) is 0 Å². The van der Waals surface area contributed by atoms with Crippen LogP contribution in [0.5, 0.6) is 0 Å². The Balaban J connectivity index is 1.75. The van der Waals surface area contributed by atoms with Crippen molar-refractivity contribution < 1.29 is 4.74 Å². The molecule has 31 heavy (non-hydrogen) atoms. The van der Waals surface area contributed by atoms with E-state index in [1.54, 1.807) is 0 Å². The lowest BCUT2D eigenvalue weighted by molar-refractivity contribution is 0.106. The predicted molar refractivity (Wildman–Crippen MR) is 136 cm³/mol. The second-order valence-electron chi connectivity index (χ2n) is 9.07. The molecule has 0 radical (unpaired) electrons. The third kappa shape index (κ3) is 11.0. The lowest BCUT2D eigenvalue weighted by Crippen LogP contribution is -2.01. The van der Waals surface area contributed by atoms with E-state index in [9.17, 15) is 0 Å². The fourth-order valence-corrected chi connectivity index (χ4v) is 4.35. The van der Waals surface area contributed by atoms with Crippen molar-refractivity contribution >= 4 is 0 Å². The smallest absolute Gasteiger partial charge is 0.0724 e. The Kier molecular flexibility index (Phi) is 14.1. The number of benzene rings is 2. The van der Waals surface area contributed by atoms with Crippen LogP contribution in [-0.2, 0) is 30.8 Å². The Morgan fingerprint density at radius 2 is 0.806 bits per heavy atom. The topological polar surface area (TPSA) is 9.23 Å². The molecule has 0 aliphatic carbocycles. The van der Waals surface area contributed by atoms with Crippen molar-refractivity contribution in [1.29, 1.82) is 0 Å². The number of unbranched alkanes of at least 4 members (excludes halogenated alkanes) is 10. The zero-order valence-electron chi connectivity index (χ0n) is 20.3. The molecule has 0 saturated carbocycles. The fraction of sp³-hybridized carbons (Fsp3) is 0.600. The highest BCUT2D eigenvalue weighted by Gasteiger charge is 2.05. The molecular formula is C30H46O. The molecule has 2 aromatic carbocycles. The molecule has 0 bridgehead atoms. The third-order valence-corrected chi connectivity index (χ3v) is 6.35. The monoisotopic (exact) mass is 422 g/mol. The molecule has 1 nitrogen and oxygen atoms in total. The molecule has 2 aromatic rings. The highest BCUT2D eigenvalue weighted by molar-refractivity contribution is 5.28. The van der Waals surface area contributed by atoms with Gasteiger partial charge in [0.25, 0.3) is 0 Å². The second kappa shape index (κ2) is 17.0. The molecule has 2 rings (SSSR count). The molecule has 0 fully saturated rings. The van der Waals surface area contributed by atoms with Crippen molar-refractivity contribution in [1.82, 2.24) is 0 Å². The standard InChI is InChI=1S/C30H46O/c1-3-5-7-9-11-13-19-27-21-15-17-23-29(27)25-31-26-30-24-18-16-22-28(30)20-14-12-10-8-6-4-2/h15-18,21-24H,3-14,19-20,25-26H2,1-2H3. The van der Waals surface area contributed by atoms with Crippen molar-refractivity contribution in [3.05, 3.63) is 70.8 Å². The van der Waals surface area contributed by atoms with E-state index in [1.807, 2.05) is 0 Å². The maximum Gasteiger partial charge on any atom is 0.0724 e. The van der Waals surface area contributed by atoms with E-state index in [4.69, 9.17) is 4.74 Å². The first-order valence-electron chi connectivity index (χ1n) is 13.1. The fourth-order valence-electron chi connectivity index (χ4n) is 4.35. The maximum absolute atomic E-state index is 6.21. The second-order valence-corrected chi connectivity index (χ2v) is 9.07. The molecule has 0 atom stereocenters. The van der Waals surface area contributed by atoms with Crippen LogP contribution in [0.25, 0.3) is 0 Å². The molecule has 0 N–H and O–H groups in total. The summed E-state index contributed by atoms with van der Waals surface area (Å²) in [6.07, 6.45) is 18.6. The van der Waals surface area contributed by atoms with Gasteiger partial charge >= 0.3 is 0 Å². The van der Waals surface area contributed by atoms with E-state index >= 15 is 0 Å². The molecule has 0 unspecified atom stereocenters. The van der Waals surface area contributed by atoms with Gasteiger partial charge in [-0.25, -0.2) is 0 Å². The van der Waals surface area contributed by atoms with Crippen LogP contribution in [0.15, 0.2) is 48.5 Å². The lowest BCUT2D eigenvalue weighted by Gasteiger charge is -2.13. The van der Waals surface area contributed by atoms with Gasteiger partial charge in [-0.3, -0.25) is 0 Å². The summed E-state index contributed by atoms with van der Waals surface area (Å²) >= 11 is 0. The first-order chi connectivity index (χ1) is 15.3. The van der Waals surface area contributed by atoms with Gasteiger partial charge in [0.2, 0.25) is 0 Å². The quantitative estimate of drug-likeness (QED) is 0.217. The summed E-state index contributed by atoms with van der Waals surface area (Å²) in [6.45, 7) is 6.00. The Bertz CT molecular complexity index is 631. The number of ether oxygens (including phenoxy) is 1. The van der Waals surface area contributed by atoms with Gasteiger partial charge in [-0.05, 0) is 47.9 Å². The van der Waals surface area contributed by atoms with E-state index in [-0.39, 0.29) is 0 Å². The minimum absolute atomic E-state index is 0.720. The third-order valence-electron chi connectivity index (χ3n) is 6.35. The number of aryl methyl sites for hydroxylation is 2. The van der Waals surface area contributed by atoms with E-state index in [0.29, 0.717) is 0 Å². The molecule has 172 valence electrons. The number of rotatable bonds is 18. The number of hydrogen-bond acceptors (Lipinski definition) is 1. The van der Waals surface area contributed by atoms with Crippen LogP contribution in [0.2, 0.25) is 0 Å². The molecule has 0 saturated heterocycles. The normalized spacial score (nSPS) is 11.2. The van der Waals surface area contributed by atoms with E-state index in [0.717, 1.165) is 13.2 Å². The van der Waals surface area contributed by atoms with Gasteiger partial charge in [0, 0.05) is 0 Å². The van der Waals surface area contributed by atoms with Crippen LogP contribution in [-0.4, -0.2) is 0 Å². The Morgan fingerprint density at radius 3 is 1.23 bits per heavy atom. The number of hydrogen-bond donors (Lipinski definition) is 0. The Hall–Kier alpha value is -1.60. The van der Waals surface area contributed by atoms with Crippen LogP contribution >= 0.6 is 0 Å². The van der Waals surface area contributed by atoms with Gasteiger partial charge < -0.3 is 4.74 Å². The van der Waals surface area contributed by atoms with Crippen molar-refractivity contribution in [3.8, 4) is 0 Å². The SMILES string of the molecule is CCCCCCCCc1ccccc1COCc1ccccc1CCCCCCCC. The average Bonchev–Trinajstić information content (AvgIpc) is 2.80. The van der Waals surface area contributed by atoms with Gasteiger partial charge in [0.15, 0.2) is 0 Å². The van der Waals surface area contributed by atoms with E-state index in [1.165, 1.54) is 112 Å². The van der Waals surface area contributed by atoms with Gasteiger partial charge in [0.1, 0.15) is 0 Å². The van der Waals surface area contributed by atoms with Crippen LogP contribution < -0.4 is 0 Å². The molecule has 0 aromatic heterocycles. The van der Waals surface area contributed by atoms with Gasteiger partial charge in [0.05, 0.1) is 13.2 Å². The first kappa shape index (κ1) is 25.7. The maximum atomic E-state index is 6.21. The molecular weight excluding hydrogens is 376 g/mol. The highest BCUT2D eigenvalue weighted by Crippen LogP contribution is 2.18. The zero-order valence-corrected chi connectivity index (χ0v) is 20.3. The lowest BCUT2D eigenvalue weighted by atomic mass is 10.00. The Labute approximate surface area is 192 Å². The summed E-state index contributed by atoms with van der Waals surface area (Å²) < 4.78 is 6.21. The minimum Gasteiger partial charge on any atom is -0.372 e. The van der Waals surface area contributed by atoms with Gasteiger partial charge in [-0.1, -0.05) is 127 Å². The van der Waals surface area contributed by atoms with E-state index in [2.05, 4.69) is 62.4 Å². The minimum atomic E-state index is 0.720. The van der Waals surface area contributed by atoms with Crippen molar-refractivity contribution in [3.63, 3.8) is 0 Å². The van der Waals surface area contributed by atoms with Crippen LogP contribution in [0, 0.1) is 0 Å². The largest absolute Gasteiger partial charge is 0.372 e. The van der Waals surface area contributed by atoms with Crippen molar-refractivity contribution in [2.45, 2.75) is 117 Å². The van der Waals surface area contributed by atoms with Crippen molar-refractivity contribution in [2.75, 3.05) is 0 Å². The molecule has 0 aliphatic heterocycles. The summed E-state index contributed by atoms with van der Waals surface area (Å²) in [4.78, 5) is 0. The van der Waals surface area contributed by atoms with Crippen LogP contribution in [0.3, 0.4) is 0 Å². The molecule has 0 aliphatic rings. The van der Waals surface area contributed by atoms with E-state index < -0.39 is 0 Å². The predicted octanol–water partition coefficient (Wildman–Crippen LogP) is 9.21. The summed E-state index contributed by atoms with van der Waals surface area (Å²) in [5.41, 5.74) is 5.67. The summed E-state index contributed by atoms with van der Waals surface area (Å²) in [7, 11) is 0.